The first-order valence-corrected chi connectivity index (χ1v) is 5.70. The Morgan fingerprint density at radius 3 is 2.80 bits per heavy atom. The number of hydrogen-bond donors (Lipinski definition) is 1. The zero-order chi connectivity index (χ0) is 14.7. The van der Waals surface area contributed by atoms with Gasteiger partial charge in [-0.3, -0.25) is 9.48 Å². The lowest BCUT2D eigenvalue weighted by Gasteiger charge is -2.04. The second-order valence-corrected chi connectivity index (χ2v) is 4.02. The van der Waals surface area contributed by atoms with Gasteiger partial charge in [0, 0.05) is 18.8 Å². The van der Waals surface area contributed by atoms with E-state index in [4.69, 9.17) is 0 Å². The Morgan fingerprint density at radius 1 is 1.40 bits per heavy atom. The zero-order valence-corrected chi connectivity index (χ0v) is 10.9. The second kappa shape index (κ2) is 5.52. The van der Waals surface area contributed by atoms with Crippen molar-refractivity contribution in [2.75, 3.05) is 12.4 Å². The summed E-state index contributed by atoms with van der Waals surface area (Å²) in [5, 5.41) is 6.40. The highest BCUT2D eigenvalue weighted by Crippen LogP contribution is 2.16. The number of methoxy groups -OCH3 is 1. The van der Waals surface area contributed by atoms with Crippen LogP contribution < -0.4 is 5.32 Å². The summed E-state index contributed by atoms with van der Waals surface area (Å²) in [5.74, 6) is -1.72. The van der Waals surface area contributed by atoms with Crippen LogP contribution in [0.5, 0.6) is 0 Å². The van der Waals surface area contributed by atoms with Crippen molar-refractivity contribution in [3.63, 3.8) is 0 Å². The van der Waals surface area contributed by atoms with Gasteiger partial charge in [-0.05, 0) is 18.2 Å². The van der Waals surface area contributed by atoms with E-state index in [1.165, 1.54) is 36.2 Å². The van der Waals surface area contributed by atoms with Crippen LogP contribution in [-0.4, -0.2) is 28.8 Å². The quantitative estimate of drug-likeness (QED) is 0.865. The first kappa shape index (κ1) is 13.7. The minimum atomic E-state index is -0.667. The fourth-order valence-electron chi connectivity index (χ4n) is 1.65. The van der Waals surface area contributed by atoms with Crippen LogP contribution in [0.3, 0.4) is 0 Å². The number of amides is 1. The Labute approximate surface area is 114 Å². The number of aromatic nitrogens is 2. The fraction of sp³-hybridized carbons (Fsp3) is 0.154. The molecule has 104 valence electrons. The van der Waals surface area contributed by atoms with E-state index in [0.29, 0.717) is 0 Å². The first-order valence-electron chi connectivity index (χ1n) is 5.70. The van der Waals surface area contributed by atoms with Gasteiger partial charge in [-0.2, -0.15) is 5.10 Å². The summed E-state index contributed by atoms with van der Waals surface area (Å²) < 4.78 is 19.0. The van der Waals surface area contributed by atoms with Gasteiger partial charge in [0.05, 0.1) is 12.8 Å². The third kappa shape index (κ3) is 2.82. The number of hydrogen-bond acceptors (Lipinski definition) is 4. The van der Waals surface area contributed by atoms with Crippen LogP contribution in [0, 0.1) is 5.82 Å². The molecule has 1 aromatic heterocycles. The lowest BCUT2D eigenvalue weighted by atomic mass is 10.2. The maximum absolute atomic E-state index is 13.1. The maximum Gasteiger partial charge on any atom is 0.360 e. The van der Waals surface area contributed by atoms with Gasteiger partial charge in [-0.15, -0.1) is 0 Å². The van der Waals surface area contributed by atoms with Crippen molar-refractivity contribution in [2.45, 2.75) is 0 Å². The molecular weight excluding hydrogens is 265 g/mol. The van der Waals surface area contributed by atoms with Crippen molar-refractivity contribution in [2.24, 2.45) is 7.05 Å². The molecule has 0 atom stereocenters. The number of halogens is 1. The molecule has 0 saturated carbocycles. The predicted octanol–water partition coefficient (Wildman–Crippen LogP) is 1.60. The Morgan fingerprint density at radius 2 is 2.15 bits per heavy atom. The normalized spacial score (nSPS) is 10.2. The molecule has 0 bridgehead atoms. The smallest absolute Gasteiger partial charge is 0.360 e. The van der Waals surface area contributed by atoms with Crippen LogP contribution in [0.15, 0.2) is 30.5 Å². The van der Waals surface area contributed by atoms with Gasteiger partial charge in [0.15, 0.2) is 5.69 Å². The molecule has 1 aromatic carbocycles. The van der Waals surface area contributed by atoms with E-state index in [1.54, 1.807) is 7.05 Å². The molecule has 0 spiro atoms. The number of ether oxygens (including phenoxy) is 1. The Hall–Kier alpha value is -2.70. The van der Waals surface area contributed by atoms with E-state index < -0.39 is 17.7 Å². The number of nitrogens with zero attached hydrogens (tertiary/aromatic N) is 2. The minimum absolute atomic E-state index is 0.0141. The number of benzene rings is 1. The van der Waals surface area contributed by atoms with E-state index >= 15 is 0 Å². The Bertz CT molecular complexity index is 667. The minimum Gasteiger partial charge on any atom is -0.464 e. The average molecular weight is 277 g/mol. The Kier molecular flexibility index (Phi) is 3.79. The molecular formula is C13H12FN3O3. The molecule has 6 nitrogen and oxygen atoms in total. The highest BCUT2D eigenvalue weighted by molar-refractivity contribution is 6.07. The van der Waals surface area contributed by atoms with Gasteiger partial charge >= 0.3 is 5.97 Å². The molecule has 0 aliphatic heterocycles. The third-order valence-corrected chi connectivity index (χ3v) is 2.54. The average Bonchev–Trinajstić information content (AvgIpc) is 2.78. The number of nitrogens with one attached hydrogen (secondary N) is 1. The van der Waals surface area contributed by atoms with Gasteiger partial charge in [-0.1, -0.05) is 6.07 Å². The lowest BCUT2D eigenvalue weighted by Crippen LogP contribution is -2.14. The predicted molar refractivity (Wildman–Crippen MR) is 68.9 cm³/mol. The van der Waals surface area contributed by atoms with E-state index in [1.807, 2.05) is 0 Å². The van der Waals surface area contributed by atoms with E-state index in [2.05, 4.69) is 15.2 Å². The number of anilines is 1. The van der Waals surface area contributed by atoms with E-state index in [-0.39, 0.29) is 16.9 Å². The molecule has 1 N–H and O–H groups in total. The van der Waals surface area contributed by atoms with Crippen LogP contribution in [0.4, 0.5) is 10.1 Å². The van der Waals surface area contributed by atoms with Crippen molar-refractivity contribution >= 4 is 17.6 Å². The van der Waals surface area contributed by atoms with Crippen molar-refractivity contribution in [3.05, 3.63) is 47.5 Å². The first-order chi connectivity index (χ1) is 9.51. The standard InChI is InChI=1S/C13H12FN3O3/c1-17-7-10(11(16-17)13(19)20-2)15-12(18)8-4-3-5-9(14)6-8/h3-7H,1-2H3,(H,15,18). The molecule has 0 saturated heterocycles. The fourth-order valence-corrected chi connectivity index (χ4v) is 1.65. The lowest BCUT2D eigenvalue weighted by molar-refractivity contribution is 0.0594. The van der Waals surface area contributed by atoms with Gasteiger partial charge in [0.25, 0.3) is 5.91 Å². The SMILES string of the molecule is COC(=O)c1nn(C)cc1NC(=O)c1cccc(F)c1. The summed E-state index contributed by atoms with van der Waals surface area (Å²) in [5.41, 5.74) is 0.332. The molecule has 1 amide bonds. The zero-order valence-electron chi connectivity index (χ0n) is 10.9. The van der Waals surface area contributed by atoms with Crippen LogP contribution >= 0.6 is 0 Å². The summed E-state index contributed by atoms with van der Waals surface area (Å²) in [6.07, 6.45) is 1.46. The van der Waals surface area contributed by atoms with E-state index in [0.717, 1.165) is 6.07 Å². The highest BCUT2D eigenvalue weighted by Gasteiger charge is 2.19. The largest absolute Gasteiger partial charge is 0.464 e. The second-order valence-electron chi connectivity index (χ2n) is 4.02. The van der Waals surface area contributed by atoms with Crippen LogP contribution in [0.2, 0.25) is 0 Å². The summed E-state index contributed by atoms with van der Waals surface area (Å²) in [6, 6.07) is 5.23. The van der Waals surface area contributed by atoms with Crippen LogP contribution in [-0.2, 0) is 11.8 Å². The van der Waals surface area contributed by atoms with E-state index in [9.17, 15) is 14.0 Å². The number of carbonyl (C=O) groups excluding carboxylic acids is 2. The molecule has 0 radical (unpaired) electrons. The number of carbonyl (C=O) groups is 2. The summed E-state index contributed by atoms with van der Waals surface area (Å²) in [4.78, 5) is 23.5. The third-order valence-electron chi connectivity index (χ3n) is 2.54. The number of aryl methyl sites for hydroxylation is 1. The van der Waals surface area contributed by atoms with Crippen molar-refractivity contribution in [1.82, 2.24) is 9.78 Å². The summed E-state index contributed by atoms with van der Waals surface area (Å²) in [6.45, 7) is 0. The topological polar surface area (TPSA) is 73.2 Å². The highest BCUT2D eigenvalue weighted by atomic mass is 19.1. The van der Waals surface area contributed by atoms with Crippen molar-refractivity contribution < 1.29 is 18.7 Å². The molecule has 2 aromatic rings. The van der Waals surface area contributed by atoms with Gasteiger partial charge in [-0.25, -0.2) is 9.18 Å². The molecule has 0 aliphatic carbocycles. The number of esters is 1. The molecule has 2 rings (SSSR count). The Balaban J connectivity index is 2.26. The molecule has 20 heavy (non-hydrogen) atoms. The van der Waals surface area contributed by atoms with Crippen molar-refractivity contribution in [1.29, 1.82) is 0 Å². The van der Waals surface area contributed by atoms with Crippen molar-refractivity contribution in [3.8, 4) is 0 Å². The summed E-state index contributed by atoms with van der Waals surface area (Å²) in [7, 11) is 2.82. The summed E-state index contributed by atoms with van der Waals surface area (Å²) >= 11 is 0. The van der Waals surface area contributed by atoms with Gasteiger partial charge < -0.3 is 10.1 Å². The molecule has 1 heterocycles. The molecule has 0 fully saturated rings. The molecule has 7 heteroatoms. The van der Waals surface area contributed by atoms with Gasteiger partial charge in [0.2, 0.25) is 0 Å². The van der Waals surface area contributed by atoms with Crippen LogP contribution in [0.25, 0.3) is 0 Å². The maximum atomic E-state index is 13.1. The van der Waals surface area contributed by atoms with Gasteiger partial charge in [0.1, 0.15) is 5.82 Å². The number of rotatable bonds is 3. The van der Waals surface area contributed by atoms with Crippen LogP contribution in [0.1, 0.15) is 20.8 Å². The molecule has 0 aliphatic rings. The monoisotopic (exact) mass is 277 g/mol. The molecule has 0 unspecified atom stereocenters.